The normalized spacial score (nSPS) is 17.3. The SMILES string of the molecule is COc1ccc(N2C(=O)C(c3ccccc3)=C(N3CCN(CCO)CC3)C2=O)cc1OC. The standard InChI is InChI=1S/C24H27N3O5/c1-31-19-9-8-18(16-20(19)32-2)27-23(29)21(17-6-4-3-5-7-17)22(24(27)30)26-12-10-25(11-13-26)14-15-28/h3-9,16,28H,10-15H2,1-2H3. The molecular formula is C24H27N3O5. The van der Waals surface area contributed by atoms with Crippen LogP contribution in [-0.4, -0.2) is 80.3 Å². The van der Waals surface area contributed by atoms with Gasteiger partial charge in [0.1, 0.15) is 5.70 Å². The molecule has 2 aliphatic heterocycles. The van der Waals surface area contributed by atoms with Gasteiger partial charge in [-0.25, -0.2) is 4.90 Å². The number of piperazine rings is 1. The number of benzene rings is 2. The fourth-order valence-electron chi connectivity index (χ4n) is 4.21. The van der Waals surface area contributed by atoms with Crippen molar-refractivity contribution in [2.24, 2.45) is 0 Å². The number of anilines is 1. The van der Waals surface area contributed by atoms with E-state index >= 15 is 0 Å². The van der Waals surface area contributed by atoms with Gasteiger partial charge >= 0.3 is 0 Å². The molecule has 1 saturated heterocycles. The molecule has 2 heterocycles. The summed E-state index contributed by atoms with van der Waals surface area (Å²) in [4.78, 5) is 32.6. The van der Waals surface area contributed by atoms with E-state index in [4.69, 9.17) is 9.47 Å². The van der Waals surface area contributed by atoms with Crippen molar-refractivity contribution in [2.45, 2.75) is 0 Å². The van der Waals surface area contributed by atoms with Crippen LogP contribution in [0.2, 0.25) is 0 Å². The van der Waals surface area contributed by atoms with Gasteiger partial charge in [0.25, 0.3) is 11.8 Å². The summed E-state index contributed by atoms with van der Waals surface area (Å²) in [5.41, 5.74) is 1.96. The average Bonchev–Trinajstić information content (AvgIpc) is 3.09. The number of hydrogen-bond donors (Lipinski definition) is 1. The Bertz CT molecular complexity index is 1030. The number of imide groups is 1. The van der Waals surface area contributed by atoms with E-state index in [1.807, 2.05) is 35.2 Å². The van der Waals surface area contributed by atoms with Crippen molar-refractivity contribution in [3.63, 3.8) is 0 Å². The summed E-state index contributed by atoms with van der Waals surface area (Å²) in [6.07, 6.45) is 0. The summed E-state index contributed by atoms with van der Waals surface area (Å²) in [7, 11) is 3.05. The van der Waals surface area contributed by atoms with Gasteiger partial charge in [0, 0.05) is 38.8 Å². The van der Waals surface area contributed by atoms with Crippen LogP contribution in [0.25, 0.3) is 5.57 Å². The molecule has 8 heteroatoms. The number of aliphatic hydroxyl groups is 1. The number of amides is 2. The van der Waals surface area contributed by atoms with Crippen LogP contribution in [0.15, 0.2) is 54.2 Å². The summed E-state index contributed by atoms with van der Waals surface area (Å²) in [6.45, 7) is 3.33. The highest BCUT2D eigenvalue weighted by molar-refractivity contribution is 6.45. The molecule has 0 aromatic heterocycles. The number of aliphatic hydroxyl groups excluding tert-OH is 1. The largest absolute Gasteiger partial charge is 0.493 e. The first-order valence-electron chi connectivity index (χ1n) is 10.6. The maximum atomic E-state index is 13.6. The second kappa shape index (κ2) is 9.42. The second-order valence-electron chi connectivity index (χ2n) is 7.63. The number of ether oxygens (including phenoxy) is 2. The van der Waals surface area contributed by atoms with Crippen LogP contribution in [-0.2, 0) is 9.59 Å². The van der Waals surface area contributed by atoms with Crippen LogP contribution in [0.5, 0.6) is 11.5 Å². The number of nitrogens with zero attached hydrogens (tertiary/aromatic N) is 3. The monoisotopic (exact) mass is 437 g/mol. The molecule has 2 aromatic carbocycles. The van der Waals surface area contributed by atoms with Crippen LogP contribution in [0.3, 0.4) is 0 Å². The molecule has 168 valence electrons. The highest BCUT2D eigenvalue weighted by Gasteiger charge is 2.43. The Labute approximate surface area is 187 Å². The molecule has 2 amide bonds. The molecule has 0 unspecified atom stereocenters. The zero-order valence-electron chi connectivity index (χ0n) is 18.3. The van der Waals surface area contributed by atoms with Gasteiger partial charge in [0.15, 0.2) is 11.5 Å². The van der Waals surface area contributed by atoms with Crippen molar-refractivity contribution in [1.82, 2.24) is 9.80 Å². The molecule has 2 aromatic rings. The number of β-amino-alcohol motifs (C(OH)–C–C–N with tert-alkyl or cyclic N) is 1. The quantitative estimate of drug-likeness (QED) is 0.659. The van der Waals surface area contributed by atoms with Crippen molar-refractivity contribution in [3.8, 4) is 11.5 Å². The van der Waals surface area contributed by atoms with E-state index in [0.29, 0.717) is 66.7 Å². The molecule has 0 radical (unpaired) electrons. The van der Waals surface area contributed by atoms with Gasteiger partial charge in [-0.05, 0) is 17.7 Å². The maximum absolute atomic E-state index is 13.6. The molecule has 0 saturated carbocycles. The van der Waals surface area contributed by atoms with Gasteiger partial charge in [-0.2, -0.15) is 0 Å². The lowest BCUT2D eigenvalue weighted by atomic mass is 10.0. The summed E-state index contributed by atoms with van der Waals surface area (Å²) in [5.74, 6) is 0.252. The molecule has 1 N–H and O–H groups in total. The van der Waals surface area contributed by atoms with Crippen molar-refractivity contribution in [3.05, 3.63) is 59.8 Å². The number of methoxy groups -OCH3 is 2. The number of carbonyl (C=O) groups is 2. The van der Waals surface area contributed by atoms with E-state index in [-0.39, 0.29) is 18.4 Å². The highest BCUT2D eigenvalue weighted by atomic mass is 16.5. The van der Waals surface area contributed by atoms with Crippen LogP contribution in [0, 0.1) is 0 Å². The third-order valence-electron chi connectivity index (χ3n) is 5.85. The van der Waals surface area contributed by atoms with Gasteiger partial charge in [-0.1, -0.05) is 30.3 Å². The number of rotatable bonds is 7. The number of carbonyl (C=O) groups excluding carboxylic acids is 2. The number of hydrogen-bond acceptors (Lipinski definition) is 7. The Balaban J connectivity index is 1.73. The average molecular weight is 437 g/mol. The van der Waals surface area contributed by atoms with Crippen LogP contribution < -0.4 is 14.4 Å². The first-order valence-corrected chi connectivity index (χ1v) is 10.6. The molecule has 8 nitrogen and oxygen atoms in total. The molecule has 0 aliphatic carbocycles. The smallest absolute Gasteiger partial charge is 0.282 e. The lowest BCUT2D eigenvalue weighted by Gasteiger charge is -2.36. The van der Waals surface area contributed by atoms with Crippen molar-refractivity contribution in [2.75, 3.05) is 58.5 Å². The van der Waals surface area contributed by atoms with Crippen LogP contribution >= 0.6 is 0 Å². The van der Waals surface area contributed by atoms with Crippen LogP contribution in [0.4, 0.5) is 5.69 Å². The maximum Gasteiger partial charge on any atom is 0.282 e. The first-order chi connectivity index (χ1) is 15.6. The molecule has 1 fully saturated rings. The molecule has 0 bridgehead atoms. The van der Waals surface area contributed by atoms with Gasteiger partial charge in [-0.3, -0.25) is 14.5 Å². The minimum absolute atomic E-state index is 0.0997. The Kier molecular flexibility index (Phi) is 6.43. The molecule has 2 aliphatic rings. The van der Waals surface area contributed by atoms with Crippen LogP contribution in [0.1, 0.15) is 5.56 Å². The first kappa shape index (κ1) is 21.9. The zero-order chi connectivity index (χ0) is 22.7. The third-order valence-corrected chi connectivity index (χ3v) is 5.85. The fourth-order valence-corrected chi connectivity index (χ4v) is 4.21. The summed E-state index contributed by atoms with van der Waals surface area (Å²) in [5, 5.41) is 9.22. The minimum Gasteiger partial charge on any atom is -0.493 e. The van der Waals surface area contributed by atoms with E-state index in [1.165, 1.54) is 19.1 Å². The third kappa shape index (κ3) is 3.94. The minimum atomic E-state index is -0.360. The predicted octanol–water partition coefficient (Wildman–Crippen LogP) is 1.60. The van der Waals surface area contributed by atoms with Gasteiger partial charge in [0.05, 0.1) is 32.1 Å². The van der Waals surface area contributed by atoms with E-state index in [1.54, 1.807) is 18.2 Å². The van der Waals surface area contributed by atoms with Gasteiger partial charge in [0.2, 0.25) is 0 Å². The Morgan fingerprint density at radius 2 is 1.56 bits per heavy atom. The van der Waals surface area contributed by atoms with E-state index in [9.17, 15) is 14.7 Å². The summed E-state index contributed by atoms with van der Waals surface area (Å²) < 4.78 is 10.7. The fraction of sp³-hybridized carbons (Fsp3) is 0.333. The highest BCUT2D eigenvalue weighted by Crippen LogP contribution is 2.38. The predicted molar refractivity (Wildman–Crippen MR) is 120 cm³/mol. The molecular weight excluding hydrogens is 410 g/mol. The molecule has 0 atom stereocenters. The lowest BCUT2D eigenvalue weighted by Crippen LogP contribution is -2.48. The van der Waals surface area contributed by atoms with Crippen molar-refractivity contribution < 1.29 is 24.2 Å². The van der Waals surface area contributed by atoms with Gasteiger partial charge in [-0.15, -0.1) is 0 Å². The van der Waals surface area contributed by atoms with E-state index in [2.05, 4.69) is 4.90 Å². The van der Waals surface area contributed by atoms with Crippen molar-refractivity contribution >= 4 is 23.1 Å². The zero-order valence-corrected chi connectivity index (χ0v) is 18.3. The Morgan fingerprint density at radius 3 is 2.19 bits per heavy atom. The summed E-state index contributed by atoms with van der Waals surface area (Å²) >= 11 is 0. The Hall–Kier alpha value is -3.36. The molecule has 32 heavy (non-hydrogen) atoms. The Morgan fingerprint density at radius 1 is 0.875 bits per heavy atom. The second-order valence-corrected chi connectivity index (χ2v) is 7.63. The van der Waals surface area contributed by atoms with E-state index in [0.717, 1.165) is 0 Å². The lowest BCUT2D eigenvalue weighted by molar-refractivity contribution is -0.120. The molecule has 0 spiro atoms. The topological polar surface area (TPSA) is 82.5 Å². The van der Waals surface area contributed by atoms with Crippen molar-refractivity contribution in [1.29, 1.82) is 0 Å². The van der Waals surface area contributed by atoms with Gasteiger partial charge < -0.3 is 19.5 Å². The van der Waals surface area contributed by atoms with E-state index < -0.39 is 0 Å². The summed E-state index contributed by atoms with van der Waals surface area (Å²) in [6, 6.07) is 14.3. The molecule has 4 rings (SSSR count).